The highest BCUT2D eigenvalue weighted by Crippen LogP contribution is 2.19. The third-order valence-corrected chi connectivity index (χ3v) is 3.54. The number of nitrogens with one attached hydrogen (secondary N) is 1. The highest BCUT2D eigenvalue weighted by atomic mass is 35.5. The van der Waals surface area contributed by atoms with E-state index in [-0.39, 0.29) is 16.5 Å². The van der Waals surface area contributed by atoms with Gasteiger partial charge in [-0.2, -0.15) is 0 Å². The van der Waals surface area contributed by atoms with Crippen LogP contribution < -0.4 is 10.9 Å². The molecule has 4 nitrogen and oxygen atoms in total. The maximum absolute atomic E-state index is 12.3. The number of alkyl halides is 1. The van der Waals surface area contributed by atoms with E-state index in [9.17, 15) is 4.79 Å². The van der Waals surface area contributed by atoms with E-state index in [0.717, 1.165) is 0 Å². The first kappa shape index (κ1) is 15.0. The molecule has 0 saturated carbocycles. The fourth-order valence-electron chi connectivity index (χ4n) is 1.43. The summed E-state index contributed by atoms with van der Waals surface area (Å²) in [5.41, 5.74) is -0.798. The summed E-state index contributed by atoms with van der Waals surface area (Å²) in [6.07, 6.45) is 3.33. The molecule has 0 aliphatic rings. The predicted octanol–water partition coefficient (Wildman–Crippen LogP) is 2.82. The topological polar surface area (TPSA) is 46.9 Å². The molecule has 0 aromatic carbocycles. The van der Waals surface area contributed by atoms with Gasteiger partial charge >= 0.3 is 0 Å². The zero-order chi connectivity index (χ0) is 14.1. The van der Waals surface area contributed by atoms with Gasteiger partial charge in [0, 0.05) is 23.5 Å². The highest BCUT2D eigenvalue weighted by molar-refractivity contribution is 6.21. The van der Waals surface area contributed by atoms with Crippen molar-refractivity contribution in [3.05, 3.63) is 22.7 Å². The normalized spacial score (nSPS) is 14.4. The van der Waals surface area contributed by atoms with Crippen LogP contribution in [0, 0.1) is 0 Å². The number of nitrogens with zero attached hydrogens (tertiary/aromatic N) is 2. The van der Waals surface area contributed by atoms with Crippen molar-refractivity contribution in [1.82, 2.24) is 9.55 Å². The number of rotatable bonds is 3. The van der Waals surface area contributed by atoms with Crippen LogP contribution in [0.3, 0.4) is 0 Å². The molecule has 0 spiro atoms. The highest BCUT2D eigenvalue weighted by Gasteiger charge is 2.26. The van der Waals surface area contributed by atoms with Crippen molar-refractivity contribution in [2.45, 2.75) is 58.0 Å². The van der Waals surface area contributed by atoms with E-state index in [1.54, 1.807) is 17.0 Å². The zero-order valence-corrected chi connectivity index (χ0v) is 12.7. The molecular weight excluding hydrogens is 250 g/mol. The van der Waals surface area contributed by atoms with E-state index in [0.29, 0.717) is 5.82 Å². The summed E-state index contributed by atoms with van der Waals surface area (Å²) in [5.74, 6) is 0.338. The average molecular weight is 272 g/mol. The first-order chi connectivity index (χ1) is 8.05. The molecule has 0 aliphatic heterocycles. The summed E-state index contributed by atoms with van der Waals surface area (Å²) in [7, 11) is 0. The lowest BCUT2D eigenvalue weighted by Crippen LogP contribution is -2.43. The van der Waals surface area contributed by atoms with Gasteiger partial charge in [-0.3, -0.25) is 4.79 Å². The summed E-state index contributed by atoms with van der Waals surface area (Å²) in [4.78, 5) is 16.4. The SMILES string of the molecule is CC(Cl)C(C)(C)Nc1nccn(C(C)(C)C)c1=O. The van der Waals surface area contributed by atoms with E-state index >= 15 is 0 Å². The van der Waals surface area contributed by atoms with Crippen LogP contribution in [0.4, 0.5) is 5.82 Å². The predicted molar refractivity (Wildman–Crippen MR) is 76.5 cm³/mol. The lowest BCUT2D eigenvalue weighted by Gasteiger charge is -2.30. The van der Waals surface area contributed by atoms with Crippen molar-refractivity contribution in [2.75, 3.05) is 5.32 Å². The lowest BCUT2D eigenvalue weighted by molar-refractivity contribution is 0.382. The molecule has 0 bridgehead atoms. The molecule has 0 aliphatic carbocycles. The fourth-order valence-corrected chi connectivity index (χ4v) is 1.48. The Labute approximate surface area is 113 Å². The second-order valence-electron chi connectivity index (χ2n) is 6.08. The van der Waals surface area contributed by atoms with Crippen molar-refractivity contribution in [1.29, 1.82) is 0 Å². The van der Waals surface area contributed by atoms with Gasteiger partial charge < -0.3 is 9.88 Å². The van der Waals surface area contributed by atoms with E-state index in [1.807, 2.05) is 41.5 Å². The molecule has 0 fully saturated rings. The molecule has 0 saturated heterocycles. The van der Waals surface area contributed by atoms with Crippen LogP contribution in [-0.4, -0.2) is 20.5 Å². The van der Waals surface area contributed by atoms with Gasteiger partial charge in [-0.15, -0.1) is 11.6 Å². The van der Waals surface area contributed by atoms with Crippen molar-refractivity contribution in [3.8, 4) is 0 Å². The standard InChI is InChI=1S/C13H22ClN3O/c1-9(14)13(5,6)16-10-11(18)17(8-7-15-10)12(2,3)4/h7-9H,1-6H3,(H,15,16). The van der Waals surface area contributed by atoms with E-state index in [4.69, 9.17) is 11.6 Å². The Morgan fingerprint density at radius 1 is 1.33 bits per heavy atom. The molecule has 0 radical (unpaired) electrons. The summed E-state index contributed by atoms with van der Waals surface area (Å²) in [6, 6.07) is 0. The van der Waals surface area contributed by atoms with E-state index in [1.165, 1.54) is 0 Å². The van der Waals surface area contributed by atoms with Crippen LogP contribution in [0.5, 0.6) is 0 Å². The summed E-state index contributed by atoms with van der Waals surface area (Å²) >= 11 is 6.10. The molecule has 102 valence electrons. The third kappa shape index (κ3) is 3.25. The monoisotopic (exact) mass is 271 g/mol. The van der Waals surface area contributed by atoms with Gasteiger partial charge in [-0.25, -0.2) is 4.98 Å². The number of anilines is 1. The molecule has 1 aromatic rings. The smallest absolute Gasteiger partial charge is 0.293 e. The van der Waals surface area contributed by atoms with E-state index < -0.39 is 5.54 Å². The zero-order valence-electron chi connectivity index (χ0n) is 11.9. The fraction of sp³-hybridized carbons (Fsp3) is 0.692. The molecule has 1 unspecified atom stereocenters. The average Bonchev–Trinajstić information content (AvgIpc) is 2.18. The number of hydrogen-bond donors (Lipinski definition) is 1. The van der Waals surface area contributed by atoms with Gasteiger partial charge in [0.25, 0.3) is 5.56 Å². The molecule has 1 atom stereocenters. The van der Waals surface area contributed by atoms with Crippen molar-refractivity contribution < 1.29 is 0 Å². The van der Waals surface area contributed by atoms with E-state index in [2.05, 4.69) is 10.3 Å². The second kappa shape index (κ2) is 4.92. The number of halogens is 1. The Balaban J connectivity index is 3.18. The molecule has 1 heterocycles. The van der Waals surface area contributed by atoms with Crippen LogP contribution >= 0.6 is 11.6 Å². The summed E-state index contributed by atoms with van der Waals surface area (Å²) in [5, 5.41) is 3.00. The molecule has 1 N–H and O–H groups in total. The van der Waals surface area contributed by atoms with Crippen molar-refractivity contribution in [3.63, 3.8) is 0 Å². The number of aromatic nitrogens is 2. The van der Waals surface area contributed by atoms with Crippen LogP contribution in [0.25, 0.3) is 0 Å². The van der Waals surface area contributed by atoms with Crippen LogP contribution in [0.1, 0.15) is 41.5 Å². The molecule has 1 rings (SSSR count). The Kier molecular flexibility index (Phi) is 4.11. The molecule has 5 heteroatoms. The van der Waals surface area contributed by atoms with Gasteiger partial charge in [0.15, 0.2) is 5.82 Å². The maximum Gasteiger partial charge on any atom is 0.293 e. The first-order valence-corrected chi connectivity index (χ1v) is 6.50. The Bertz CT molecular complexity index is 472. The first-order valence-electron chi connectivity index (χ1n) is 6.06. The second-order valence-corrected chi connectivity index (χ2v) is 6.74. The largest absolute Gasteiger partial charge is 0.359 e. The van der Waals surface area contributed by atoms with Crippen molar-refractivity contribution in [2.24, 2.45) is 0 Å². The quantitative estimate of drug-likeness (QED) is 0.860. The van der Waals surface area contributed by atoms with Crippen LogP contribution in [-0.2, 0) is 5.54 Å². The molecular formula is C13H22ClN3O. The number of hydrogen-bond acceptors (Lipinski definition) is 3. The minimum Gasteiger partial charge on any atom is -0.359 e. The molecule has 18 heavy (non-hydrogen) atoms. The lowest BCUT2D eigenvalue weighted by atomic mass is 10.0. The summed E-state index contributed by atoms with van der Waals surface area (Å²) < 4.78 is 1.66. The van der Waals surface area contributed by atoms with Gasteiger partial charge in [0.2, 0.25) is 0 Å². The molecule has 1 aromatic heterocycles. The van der Waals surface area contributed by atoms with Gasteiger partial charge in [0.05, 0.1) is 5.38 Å². The van der Waals surface area contributed by atoms with Crippen LogP contribution in [0.15, 0.2) is 17.2 Å². The van der Waals surface area contributed by atoms with Gasteiger partial charge in [-0.1, -0.05) is 0 Å². The minimum absolute atomic E-state index is 0.123. The van der Waals surface area contributed by atoms with Crippen molar-refractivity contribution >= 4 is 17.4 Å². The Morgan fingerprint density at radius 2 is 1.89 bits per heavy atom. The third-order valence-electron chi connectivity index (χ3n) is 3.00. The van der Waals surface area contributed by atoms with Gasteiger partial charge in [0.1, 0.15) is 0 Å². The maximum atomic E-state index is 12.3. The Morgan fingerprint density at radius 3 is 2.33 bits per heavy atom. The molecule has 0 amide bonds. The summed E-state index contributed by atoms with van der Waals surface area (Å²) in [6.45, 7) is 11.7. The van der Waals surface area contributed by atoms with Gasteiger partial charge in [-0.05, 0) is 41.5 Å². The minimum atomic E-state index is -0.398. The Hall–Kier alpha value is -1.03. The van der Waals surface area contributed by atoms with Crippen LogP contribution in [0.2, 0.25) is 0 Å².